The Morgan fingerprint density at radius 1 is 1.58 bits per heavy atom. The second-order valence-electron chi connectivity index (χ2n) is 4.77. The Kier molecular flexibility index (Phi) is 4.74. The molecule has 1 saturated heterocycles. The lowest BCUT2D eigenvalue weighted by Gasteiger charge is -2.25. The molecule has 0 bridgehead atoms. The van der Waals surface area contributed by atoms with E-state index in [0.29, 0.717) is 5.75 Å². The number of piperidine rings is 1. The maximum atomic E-state index is 13.0. The van der Waals surface area contributed by atoms with Crippen LogP contribution >= 0.6 is 0 Å². The van der Waals surface area contributed by atoms with Crippen LogP contribution in [-0.2, 0) is 4.79 Å². The topological polar surface area (TPSA) is 50.4 Å². The summed E-state index contributed by atoms with van der Waals surface area (Å²) < 4.78 is 18.4. The SMILES string of the molecule is CC(Oc1cccc(F)c1)C(=O)NC1CCCNC1. The van der Waals surface area contributed by atoms with Gasteiger partial charge >= 0.3 is 0 Å². The van der Waals surface area contributed by atoms with Crippen LogP contribution in [0.4, 0.5) is 4.39 Å². The Labute approximate surface area is 112 Å². The largest absolute Gasteiger partial charge is 0.481 e. The quantitative estimate of drug-likeness (QED) is 0.867. The fraction of sp³-hybridized carbons (Fsp3) is 0.500. The van der Waals surface area contributed by atoms with E-state index in [2.05, 4.69) is 10.6 Å². The van der Waals surface area contributed by atoms with Gasteiger partial charge in [0.15, 0.2) is 6.10 Å². The number of amides is 1. The van der Waals surface area contributed by atoms with Gasteiger partial charge < -0.3 is 15.4 Å². The molecule has 1 aliphatic heterocycles. The highest BCUT2D eigenvalue weighted by molar-refractivity contribution is 5.81. The Morgan fingerprint density at radius 3 is 3.11 bits per heavy atom. The van der Waals surface area contributed by atoms with Crippen molar-refractivity contribution >= 4 is 5.91 Å². The summed E-state index contributed by atoms with van der Waals surface area (Å²) in [4.78, 5) is 11.9. The van der Waals surface area contributed by atoms with Crippen LogP contribution in [0.25, 0.3) is 0 Å². The maximum absolute atomic E-state index is 13.0. The zero-order valence-corrected chi connectivity index (χ0v) is 11.0. The van der Waals surface area contributed by atoms with Crippen LogP contribution in [0.5, 0.6) is 5.75 Å². The average Bonchev–Trinajstić information content (AvgIpc) is 2.40. The summed E-state index contributed by atoms with van der Waals surface area (Å²) in [6.07, 6.45) is 1.40. The number of halogens is 1. The third-order valence-electron chi connectivity index (χ3n) is 3.12. The lowest BCUT2D eigenvalue weighted by Crippen LogP contribution is -2.49. The molecule has 19 heavy (non-hydrogen) atoms. The minimum absolute atomic E-state index is 0.153. The van der Waals surface area contributed by atoms with Gasteiger partial charge in [0.05, 0.1) is 0 Å². The standard InChI is InChI=1S/C14H19FN2O2/c1-10(19-13-6-2-4-11(15)8-13)14(18)17-12-5-3-7-16-9-12/h2,4,6,8,10,12,16H,3,5,7,9H2,1H3,(H,17,18). The fourth-order valence-corrected chi connectivity index (χ4v) is 2.09. The molecule has 2 atom stereocenters. The molecule has 2 rings (SSSR count). The van der Waals surface area contributed by atoms with E-state index in [4.69, 9.17) is 4.74 Å². The Bertz CT molecular complexity index is 433. The Morgan fingerprint density at radius 2 is 2.42 bits per heavy atom. The lowest BCUT2D eigenvalue weighted by molar-refractivity contribution is -0.128. The summed E-state index contributed by atoms with van der Waals surface area (Å²) >= 11 is 0. The number of benzene rings is 1. The monoisotopic (exact) mass is 266 g/mol. The van der Waals surface area contributed by atoms with Crippen LogP contribution in [-0.4, -0.2) is 31.1 Å². The molecule has 1 aromatic carbocycles. The number of carbonyl (C=O) groups excluding carboxylic acids is 1. The van der Waals surface area contributed by atoms with Gasteiger partial charge in [-0.25, -0.2) is 4.39 Å². The van der Waals surface area contributed by atoms with Crippen molar-refractivity contribution < 1.29 is 13.9 Å². The molecule has 1 heterocycles. The van der Waals surface area contributed by atoms with Gasteiger partial charge in [-0.2, -0.15) is 0 Å². The van der Waals surface area contributed by atoms with Gasteiger partial charge in [0, 0.05) is 18.7 Å². The highest BCUT2D eigenvalue weighted by Crippen LogP contribution is 2.14. The van der Waals surface area contributed by atoms with E-state index < -0.39 is 6.10 Å². The average molecular weight is 266 g/mol. The highest BCUT2D eigenvalue weighted by Gasteiger charge is 2.20. The molecular formula is C14H19FN2O2. The molecular weight excluding hydrogens is 247 g/mol. The molecule has 0 radical (unpaired) electrons. The molecule has 4 nitrogen and oxygen atoms in total. The van der Waals surface area contributed by atoms with Crippen molar-refractivity contribution in [1.82, 2.24) is 10.6 Å². The molecule has 0 aromatic heterocycles. The Balaban J connectivity index is 1.84. The first-order valence-electron chi connectivity index (χ1n) is 6.58. The van der Waals surface area contributed by atoms with Gasteiger partial charge in [0.25, 0.3) is 5.91 Å². The van der Waals surface area contributed by atoms with Crippen molar-refractivity contribution in [3.63, 3.8) is 0 Å². The number of carbonyl (C=O) groups is 1. The van der Waals surface area contributed by atoms with Crippen LogP contribution in [0.1, 0.15) is 19.8 Å². The number of hydrogen-bond acceptors (Lipinski definition) is 3. The van der Waals surface area contributed by atoms with Gasteiger partial charge in [-0.05, 0) is 38.4 Å². The minimum Gasteiger partial charge on any atom is -0.481 e. The van der Waals surface area contributed by atoms with Crippen LogP contribution in [0.3, 0.4) is 0 Å². The van der Waals surface area contributed by atoms with Gasteiger partial charge in [-0.1, -0.05) is 6.07 Å². The van der Waals surface area contributed by atoms with Gasteiger partial charge in [-0.3, -0.25) is 4.79 Å². The van der Waals surface area contributed by atoms with E-state index >= 15 is 0 Å². The van der Waals surface area contributed by atoms with Gasteiger partial charge in [-0.15, -0.1) is 0 Å². The first-order chi connectivity index (χ1) is 9.15. The molecule has 104 valence electrons. The summed E-state index contributed by atoms with van der Waals surface area (Å²) in [6.45, 7) is 3.45. The van der Waals surface area contributed by atoms with Crippen LogP contribution < -0.4 is 15.4 Å². The van der Waals surface area contributed by atoms with Crippen molar-refractivity contribution in [3.05, 3.63) is 30.1 Å². The molecule has 0 spiro atoms. The zero-order chi connectivity index (χ0) is 13.7. The van der Waals surface area contributed by atoms with Crippen molar-refractivity contribution in [2.24, 2.45) is 0 Å². The molecule has 1 aliphatic rings. The number of hydrogen-bond donors (Lipinski definition) is 2. The predicted octanol–water partition coefficient (Wildman–Crippen LogP) is 1.46. The normalized spacial score (nSPS) is 20.6. The number of ether oxygens (including phenoxy) is 1. The summed E-state index contributed by atoms with van der Waals surface area (Å²) in [5, 5.41) is 6.16. The van der Waals surface area contributed by atoms with Crippen molar-refractivity contribution in [2.75, 3.05) is 13.1 Å². The fourth-order valence-electron chi connectivity index (χ4n) is 2.09. The molecule has 2 N–H and O–H groups in total. The summed E-state index contributed by atoms with van der Waals surface area (Å²) in [5.74, 6) is -0.177. The van der Waals surface area contributed by atoms with Gasteiger partial charge in [0.2, 0.25) is 0 Å². The molecule has 0 aliphatic carbocycles. The summed E-state index contributed by atoms with van der Waals surface area (Å²) in [7, 11) is 0. The lowest BCUT2D eigenvalue weighted by atomic mass is 10.1. The van der Waals surface area contributed by atoms with Crippen LogP contribution in [0, 0.1) is 5.82 Å². The van der Waals surface area contributed by atoms with E-state index in [0.717, 1.165) is 25.9 Å². The third-order valence-corrected chi connectivity index (χ3v) is 3.12. The second-order valence-corrected chi connectivity index (χ2v) is 4.77. The van der Waals surface area contributed by atoms with Crippen molar-refractivity contribution in [3.8, 4) is 5.75 Å². The molecule has 2 unspecified atom stereocenters. The molecule has 0 saturated carbocycles. The smallest absolute Gasteiger partial charge is 0.261 e. The summed E-state index contributed by atoms with van der Waals surface area (Å²) in [6, 6.07) is 5.95. The van der Waals surface area contributed by atoms with Gasteiger partial charge in [0.1, 0.15) is 11.6 Å². The predicted molar refractivity (Wildman–Crippen MR) is 70.5 cm³/mol. The number of nitrogens with one attached hydrogen (secondary N) is 2. The van der Waals surface area contributed by atoms with E-state index in [1.54, 1.807) is 19.1 Å². The van der Waals surface area contributed by atoms with E-state index in [1.165, 1.54) is 12.1 Å². The van der Waals surface area contributed by atoms with Crippen LogP contribution in [0.15, 0.2) is 24.3 Å². The molecule has 1 amide bonds. The Hall–Kier alpha value is -1.62. The van der Waals surface area contributed by atoms with E-state index in [-0.39, 0.29) is 17.8 Å². The molecule has 5 heteroatoms. The third kappa shape index (κ3) is 4.21. The zero-order valence-electron chi connectivity index (χ0n) is 11.0. The number of rotatable bonds is 4. The minimum atomic E-state index is -0.635. The van der Waals surface area contributed by atoms with E-state index in [1.807, 2.05) is 0 Å². The second kappa shape index (κ2) is 6.52. The van der Waals surface area contributed by atoms with E-state index in [9.17, 15) is 9.18 Å². The first-order valence-corrected chi connectivity index (χ1v) is 6.58. The first kappa shape index (κ1) is 13.8. The molecule has 1 aromatic rings. The summed E-state index contributed by atoms with van der Waals surface area (Å²) in [5.41, 5.74) is 0. The van der Waals surface area contributed by atoms with Crippen molar-refractivity contribution in [1.29, 1.82) is 0 Å². The van der Waals surface area contributed by atoms with Crippen molar-refractivity contribution in [2.45, 2.75) is 31.9 Å². The molecule has 1 fully saturated rings. The maximum Gasteiger partial charge on any atom is 0.261 e. The van der Waals surface area contributed by atoms with Crippen LogP contribution in [0.2, 0.25) is 0 Å². The highest BCUT2D eigenvalue weighted by atomic mass is 19.1.